The first-order valence-electron chi connectivity index (χ1n) is 7.65. The molecule has 1 amide bonds. The highest BCUT2D eigenvalue weighted by Crippen LogP contribution is 2.33. The Labute approximate surface area is 142 Å². The summed E-state index contributed by atoms with van der Waals surface area (Å²) >= 11 is 0. The number of benzene rings is 2. The molecule has 0 atom stereocenters. The fourth-order valence-corrected chi connectivity index (χ4v) is 2.54. The van der Waals surface area contributed by atoms with Crippen molar-refractivity contribution in [3.63, 3.8) is 0 Å². The third kappa shape index (κ3) is 2.85. The maximum Gasteiger partial charge on any atom is 0.291 e. The van der Waals surface area contributed by atoms with E-state index in [0.29, 0.717) is 22.7 Å². The molecule has 0 fully saturated rings. The van der Waals surface area contributed by atoms with E-state index >= 15 is 0 Å². The normalized spacial score (nSPS) is 10.9. The van der Waals surface area contributed by atoms with Gasteiger partial charge in [0.2, 0.25) is 5.89 Å². The Hall–Kier alpha value is -3.54. The second-order valence-electron chi connectivity index (χ2n) is 5.65. The second-order valence-corrected chi connectivity index (χ2v) is 5.65. The maximum atomic E-state index is 12.0. The monoisotopic (exact) mass is 334 g/mol. The summed E-state index contributed by atoms with van der Waals surface area (Å²) in [6, 6.07) is 13.6. The van der Waals surface area contributed by atoms with Crippen molar-refractivity contribution in [2.75, 3.05) is 5.32 Å². The number of carbonyl (C=O) groups is 1. The Morgan fingerprint density at radius 2 is 2.04 bits per heavy atom. The van der Waals surface area contributed by atoms with Gasteiger partial charge in [0.25, 0.3) is 5.91 Å². The number of carbonyl (C=O) groups excluding carboxylic acids is 1. The molecule has 0 aliphatic carbocycles. The van der Waals surface area contributed by atoms with E-state index in [1.54, 1.807) is 24.3 Å². The lowest BCUT2D eigenvalue weighted by Gasteiger charge is -2.06. The van der Waals surface area contributed by atoms with E-state index in [1.165, 1.54) is 12.3 Å². The molecule has 0 saturated carbocycles. The van der Waals surface area contributed by atoms with Crippen LogP contribution in [0.5, 0.6) is 5.75 Å². The van der Waals surface area contributed by atoms with E-state index in [0.717, 1.165) is 11.1 Å². The molecule has 2 aromatic heterocycles. The van der Waals surface area contributed by atoms with Gasteiger partial charge in [0.15, 0.2) is 11.3 Å². The first-order valence-corrected chi connectivity index (χ1v) is 7.65. The van der Waals surface area contributed by atoms with Crippen LogP contribution < -0.4 is 5.32 Å². The number of fused-ring (bicyclic) bond motifs is 1. The zero-order valence-electron chi connectivity index (χ0n) is 13.3. The van der Waals surface area contributed by atoms with Gasteiger partial charge in [-0.05, 0) is 48.9 Å². The maximum absolute atomic E-state index is 12.0. The number of nitrogens with zero attached hydrogens (tertiary/aromatic N) is 1. The number of rotatable bonds is 3. The van der Waals surface area contributed by atoms with Crippen LogP contribution in [0.15, 0.2) is 63.6 Å². The molecule has 0 bridgehead atoms. The van der Waals surface area contributed by atoms with Crippen LogP contribution in [0.25, 0.3) is 22.6 Å². The SMILES string of the molecule is Cc1ccc2oc(-c3ccc(NC(=O)c4ccco4)cc3O)nc2c1. The Morgan fingerprint density at radius 1 is 1.16 bits per heavy atom. The van der Waals surface area contributed by atoms with Gasteiger partial charge in [-0.25, -0.2) is 4.98 Å². The lowest BCUT2D eigenvalue weighted by atomic mass is 10.1. The molecule has 124 valence electrons. The number of phenols is 1. The zero-order valence-corrected chi connectivity index (χ0v) is 13.3. The molecule has 2 N–H and O–H groups in total. The average Bonchev–Trinajstić information content (AvgIpc) is 3.24. The molecule has 25 heavy (non-hydrogen) atoms. The lowest BCUT2D eigenvalue weighted by Crippen LogP contribution is -2.10. The molecule has 0 aliphatic heterocycles. The topological polar surface area (TPSA) is 88.5 Å². The molecule has 0 spiro atoms. The molecule has 2 heterocycles. The first kappa shape index (κ1) is 15.0. The van der Waals surface area contributed by atoms with Crippen LogP contribution in [0.4, 0.5) is 5.69 Å². The predicted molar refractivity (Wildman–Crippen MR) is 92.5 cm³/mol. The number of aromatic hydroxyl groups is 1. The van der Waals surface area contributed by atoms with Gasteiger partial charge in [-0.2, -0.15) is 0 Å². The Morgan fingerprint density at radius 3 is 2.80 bits per heavy atom. The summed E-state index contributed by atoms with van der Waals surface area (Å²) in [4.78, 5) is 16.4. The average molecular weight is 334 g/mol. The summed E-state index contributed by atoms with van der Waals surface area (Å²) in [5.74, 6) is 0.0786. The quantitative estimate of drug-likeness (QED) is 0.581. The van der Waals surface area contributed by atoms with Gasteiger partial charge in [-0.1, -0.05) is 6.07 Å². The van der Waals surface area contributed by atoms with Gasteiger partial charge in [-0.15, -0.1) is 0 Å². The fraction of sp³-hybridized carbons (Fsp3) is 0.0526. The van der Waals surface area contributed by atoms with E-state index in [-0.39, 0.29) is 11.5 Å². The van der Waals surface area contributed by atoms with Crippen LogP contribution in [0.1, 0.15) is 16.1 Å². The van der Waals surface area contributed by atoms with E-state index in [2.05, 4.69) is 10.3 Å². The molecule has 6 nitrogen and oxygen atoms in total. The summed E-state index contributed by atoms with van der Waals surface area (Å²) in [6.45, 7) is 1.97. The van der Waals surface area contributed by atoms with Crippen LogP contribution in [0.3, 0.4) is 0 Å². The minimum Gasteiger partial charge on any atom is -0.507 e. The molecule has 2 aromatic carbocycles. The Kier molecular flexibility index (Phi) is 3.50. The van der Waals surface area contributed by atoms with Crippen molar-refractivity contribution >= 4 is 22.7 Å². The van der Waals surface area contributed by atoms with E-state index in [4.69, 9.17) is 8.83 Å². The highest BCUT2D eigenvalue weighted by atomic mass is 16.4. The van der Waals surface area contributed by atoms with Gasteiger partial charge >= 0.3 is 0 Å². The van der Waals surface area contributed by atoms with Gasteiger partial charge in [0, 0.05) is 11.8 Å². The molecule has 4 aromatic rings. The highest BCUT2D eigenvalue weighted by Gasteiger charge is 2.14. The zero-order chi connectivity index (χ0) is 17.4. The number of amides is 1. The van der Waals surface area contributed by atoms with Gasteiger partial charge in [-0.3, -0.25) is 4.79 Å². The smallest absolute Gasteiger partial charge is 0.291 e. The summed E-state index contributed by atoms with van der Waals surface area (Å²) < 4.78 is 10.7. The van der Waals surface area contributed by atoms with Crippen LogP contribution >= 0.6 is 0 Å². The molecular weight excluding hydrogens is 320 g/mol. The number of oxazole rings is 1. The third-order valence-electron chi connectivity index (χ3n) is 3.77. The largest absolute Gasteiger partial charge is 0.507 e. The van der Waals surface area contributed by atoms with Crippen LogP contribution in [-0.4, -0.2) is 16.0 Å². The number of nitrogens with one attached hydrogen (secondary N) is 1. The number of furan rings is 1. The third-order valence-corrected chi connectivity index (χ3v) is 3.77. The van der Waals surface area contributed by atoms with Crippen molar-refractivity contribution in [3.05, 3.63) is 66.1 Å². The van der Waals surface area contributed by atoms with Crippen molar-refractivity contribution in [1.82, 2.24) is 4.98 Å². The fourth-order valence-electron chi connectivity index (χ4n) is 2.54. The van der Waals surface area contributed by atoms with Crippen molar-refractivity contribution in [3.8, 4) is 17.2 Å². The second kappa shape index (κ2) is 5.83. The molecule has 0 aliphatic rings. The van der Waals surface area contributed by atoms with E-state index in [1.807, 2.05) is 25.1 Å². The summed E-state index contributed by atoms with van der Waals surface area (Å²) in [5.41, 5.74) is 3.34. The minimum atomic E-state index is -0.394. The number of anilines is 1. The standard InChI is InChI=1S/C19H14N2O4/c1-11-4-7-16-14(9-11)21-19(25-16)13-6-5-12(10-15(13)22)20-18(23)17-3-2-8-24-17/h2-10,22H,1H3,(H,20,23). The number of aryl methyl sites for hydroxylation is 1. The number of phenolic OH excluding ortho intramolecular Hbond substituents is 1. The number of aromatic nitrogens is 1. The van der Waals surface area contributed by atoms with Crippen molar-refractivity contribution in [2.45, 2.75) is 6.92 Å². The molecule has 0 radical (unpaired) electrons. The summed E-state index contributed by atoms with van der Waals surface area (Å²) in [7, 11) is 0. The molecule has 6 heteroatoms. The summed E-state index contributed by atoms with van der Waals surface area (Å²) in [5, 5.41) is 12.9. The molecule has 0 saturated heterocycles. The van der Waals surface area contributed by atoms with Crippen LogP contribution in [0.2, 0.25) is 0 Å². The van der Waals surface area contributed by atoms with E-state index in [9.17, 15) is 9.90 Å². The van der Waals surface area contributed by atoms with E-state index < -0.39 is 5.91 Å². The van der Waals surface area contributed by atoms with Gasteiger partial charge < -0.3 is 19.3 Å². The van der Waals surface area contributed by atoms with Crippen LogP contribution in [-0.2, 0) is 0 Å². The molecule has 0 unspecified atom stereocenters. The summed E-state index contributed by atoms with van der Waals surface area (Å²) in [6.07, 6.45) is 1.42. The first-order chi connectivity index (χ1) is 12.1. The number of hydrogen-bond acceptors (Lipinski definition) is 5. The van der Waals surface area contributed by atoms with Crippen molar-refractivity contribution in [2.24, 2.45) is 0 Å². The Balaban J connectivity index is 1.63. The Bertz CT molecular complexity index is 1060. The minimum absolute atomic E-state index is 0.0412. The van der Waals surface area contributed by atoms with Crippen LogP contribution in [0, 0.1) is 6.92 Å². The number of hydrogen-bond donors (Lipinski definition) is 2. The van der Waals surface area contributed by atoms with Crippen molar-refractivity contribution < 1.29 is 18.7 Å². The van der Waals surface area contributed by atoms with Gasteiger partial charge in [0.1, 0.15) is 11.3 Å². The lowest BCUT2D eigenvalue weighted by molar-refractivity contribution is 0.0996. The van der Waals surface area contributed by atoms with Crippen molar-refractivity contribution in [1.29, 1.82) is 0 Å². The predicted octanol–water partition coefficient (Wildman–Crippen LogP) is 4.35. The highest BCUT2D eigenvalue weighted by molar-refractivity contribution is 6.02. The van der Waals surface area contributed by atoms with Gasteiger partial charge in [0.05, 0.1) is 11.8 Å². The molecular formula is C19H14N2O4. The molecule has 4 rings (SSSR count).